The molecule has 1 aromatic rings. The van der Waals surface area contributed by atoms with Crippen LogP contribution in [0, 0.1) is 17.8 Å². The quantitative estimate of drug-likeness (QED) is 0.798. The van der Waals surface area contributed by atoms with Gasteiger partial charge in [-0.05, 0) is 50.0 Å². The molecule has 1 saturated heterocycles. The minimum atomic E-state index is -0.758. The Balaban J connectivity index is 1.54. The number of rotatable bonds is 6. The molecule has 0 unspecified atom stereocenters. The van der Waals surface area contributed by atoms with E-state index in [1.54, 1.807) is 7.11 Å². The number of fused-ring (bicyclic) bond motifs is 1. The van der Waals surface area contributed by atoms with Crippen molar-refractivity contribution in [3.63, 3.8) is 0 Å². The Kier molecular flexibility index (Phi) is 5.88. The van der Waals surface area contributed by atoms with Crippen molar-refractivity contribution in [2.75, 3.05) is 26.7 Å². The number of piperidine rings is 1. The fourth-order valence-corrected chi connectivity index (χ4v) is 5.01. The third-order valence-electron chi connectivity index (χ3n) is 6.88. The Bertz CT molecular complexity index is 815. The van der Waals surface area contributed by atoms with Crippen molar-refractivity contribution in [2.45, 2.75) is 44.9 Å². The van der Waals surface area contributed by atoms with Crippen molar-refractivity contribution in [3.8, 4) is 5.75 Å². The van der Waals surface area contributed by atoms with Crippen LogP contribution in [0.5, 0.6) is 5.75 Å². The van der Waals surface area contributed by atoms with E-state index in [0.717, 1.165) is 55.7 Å². The fraction of sp³-hybridized carbons (Fsp3) is 0.609. The molecule has 1 N–H and O–H groups in total. The molecule has 29 heavy (non-hydrogen) atoms. The molecule has 2 fully saturated rings. The van der Waals surface area contributed by atoms with Crippen LogP contribution in [-0.4, -0.2) is 54.3 Å². The first-order chi connectivity index (χ1) is 14.1. The van der Waals surface area contributed by atoms with Gasteiger partial charge in [-0.25, -0.2) is 0 Å². The van der Waals surface area contributed by atoms with Crippen molar-refractivity contribution < 1.29 is 19.4 Å². The Morgan fingerprint density at radius 3 is 2.76 bits per heavy atom. The SMILES string of the molecule is COc1cccc2c1CCN=C2C[C@H]1CN(C(=O)C2CCC2)CC[C@H]1CC(=O)O. The van der Waals surface area contributed by atoms with E-state index in [0.29, 0.717) is 19.5 Å². The van der Waals surface area contributed by atoms with Crippen LogP contribution in [0.3, 0.4) is 0 Å². The van der Waals surface area contributed by atoms with Gasteiger partial charge in [0.25, 0.3) is 0 Å². The molecule has 6 heteroatoms. The summed E-state index contributed by atoms with van der Waals surface area (Å²) < 4.78 is 5.53. The summed E-state index contributed by atoms with van der Waals surface area (Å²) in [6, 6.07) is 6.05. The van der Waals surface area contributed by atoms with Gasteiger partial charge in [0.05, 0.1) is 7.11 Å². The first-order valence-electron chi connectivity index (χ1n) is 10.8. The number of aliphatic imine (C=N–C) groups is 1. The highest BCUT2D eigenvalue weighted by Gasteiger charge is 2.37. The molecule has 1 aromatic carbocycles. The molecule has 0 radical (unpaired) electrons. The number of nitrogens with zero attached hydrogens (tertiary/aromatic N) is 2. The fourth-order valence-electron chi connectivity index (χ4n) is 5.01. The van der Waals surface area contributed by atoms with Crippen LogP contribution in [0.1, 0.15) is 49.7 Å². The number of ether oxygens (including phenoxy) is 1. The maximum Gasteiger partial charge on any atom is 0.303 e. The molecule has 6 nitrogen and oxygen atoms in total. The lowest BCUT2D eigenvalue weighted by Gasteiger charge is -2.41. The molecule has 0 bridgehead atoms. The molecule has 156 valence electrons. The van der Waals surface area contributed by atoms with Gasteiger partial charge in [-0.15, -0.1) is 0 Å². The highest BCUT2D eigenvalue weighted by molar-refractivity contribution is 6.03. The largest absolute Gasteiger partial charge is 0.496 e. The molecule has 2 heterocycles. The molecule has 4 rings (SSSR count). The summed E-state index contributed by atoms with van der Waals surface area (Å²) >= 11 is 0. The zero-order chi connectivity index (χ0) is 20.4. The van der Waals surface area contributed by atoms with Gasteiger partial charge < -0.3 is 14.7 Å². The Labute approximate surface area is 172 Å². The predicted octanol–water partition coefficient (Wildman–Crippen LogP) is 3.17. The summed E-state index contributed by atoms with van der Waals surface area (Å²) in [7, 11) is 1.69. The van der Waals surface area contributed by atoms with E-state index in [2.05, 4.69) is 6.07 Å². The van der Waals surface area contributed by atoms with Gasteiger partial charge in [0.2, 0.25) is 5.91 Å². The molecular formula is C23H30N2O4. The first kappa shape index (κ1) is 19.9. The zero-order valence-electron chi connectivity index (χ0n) is 17.1. The van der Waals surface area contributed by atoms with Gasteiger partial charge in [-0.1, -0.05) is 18.6 Å². The molecule has 2 atom stereocenters. The van der Waals surface area contributed by atoms with Gasteiger partial charge >= 0.3 is 5.97 Å². The second-order valence-electron chi connectivity index (χ2n) is 8.59. The lowest BCUT2D eigenvalue weighted by Crippen LogP contribution is -2.48. The van der Waals surface area contributed by atoms with Gasteiger partial charge in [0, 0.05) is 48.8 Å². The van der Waals surface area contributed by atoms with Gasteiger partial charge in [0.1, 0.15) is 5.75 Å². The number of hydrogen-bond donors (Lipinski definition) is 1. The van der Waals surface area contributed by atoms with Crippen LogP contribution in [0.25, 0.3) is 0 Å². The van der Waals surface area contributed by atoms with Crippen LogP contribution in [0.15, 0.2) is 23.2 Å². The number of amides is 1. The highest BCUT2D eigenvalue weighted by Crippen LogP contribution is 2.36. The number of carboxylic acid groups (broad SMARTS) is 1. The number of carbonyl (C=O) groups is 2. The van der Waals surface area contributed by atoms with E-state index in [9.17, 15) is 14.7 Å². The summed E-state index contributed by atoms with van der Waals surface area (Å²) in [4.78, 5) is 31.0. The van der Waals surface area contributed by atoms with Gasteiger partial charge in [-0.2, -0.15) is 0 Å². The van der Waals surface area contributed by atoms with Crippen LogP contribution < -0.4 is 4.74 Å². The zero-order valence-corrected chi connectivity index (χ0v) is 17.1. The molecule has 0 spiro atoms. The maximum atomic E-state index is 12.8. The number of aliphatic carboxylic acids is 1. The second-order valence-corrected chi connectivity index (χ2v) is 8.59. The number of methoxy groups -OCH3 is 1. The number of benzene rings is 1. The summed E-state index contributed by atoms with van der Waals surface area (Å²) in [5.41, 5.74) is 3.34. The average Bonchev–Trinajstić information content (AvgIpc) is 2.67. The van der Waals surface area contributed by atoms with Crippen molar-refractivity contribution in [3.05, 3.63) is 29.3 Å². The second kappa shape index (κ2) is 8.56. The van der Waals surface area contributed by atoms with Crippen LogP contribution >= 0.6 is 0 Å². The maximum absolute atomic E-state index is 12.8. The normalized spacial score (nSPS) is 24.3. The Morgan fingerprint density at radius 2 is 2.07 bits per heavy atom. The van der Waals surface area contributed by atoms with Crippen molar-refractivity contribution in [1.82, 2.24) is 4.90 Å². The number of likely N-dealkylation sites (tertiary alicyclic amines) is 1. The van der Waals surface area contributed by atoms with Crippen molar-refractivity contribution in [1.29, 1.82) is 0 Å². The summed E-state index contributed by atoms with van der Waals surface area (Å²) in [5, 5.41) is 9.40. The molecular weight excluding hydrogens is 368 g/mol. The van der Waals surface area contributed by atoms with Crippen LogP contribution in [0.4, 0.5) is 0 Å². The van der Waals surface area contributed by atoms with Crippen LogP contribution in [-0.2, 0) is 16.0 Å². The van der Waals surface area contributed by atoms with E-state index in [-0.39, 0.29) is 30.1 Å². The molecule has 0 aromatic heterocycles. The van der Waals surface area contributed by atoms with Gasteiger partial charge in [0.15, 0.2) is 0 Å². The van der Waals surface area contributed by atoms with Crippen LogP contribution in [0.2, 0.25) is 0 Å². The average molecular weight is 399 g/mol. The Morgan fingerprint density at radius 1 is 1.24 bits per heavy atom. The summed E-state index contributed by atoms with van der Waals surface area (Å²) in [5.74, 6) is 0.789. The van der Waals surface area contributed by atoms with E-state index < -0.39 is 5.97 Å². The first-order valence-corrected chi connectivity index (χ1v) is 10.8. The predicted molar refractivity (Wildman–Crippen MR) is 110 cm³/mol. The smallest absolute Gasteiger partial charge is 0.303 e. The number of carboxylic acids is 1. The molecule has 1 aliphatic carbocycles. The van der Waals surface area contributed by atoms with Crippen molar-refractivity contribution >= 4 is 17.6 Å². The third kappa shape index (κ3) is 4.16. The van der Waals surface area contributed by atoms with E-state index in [4.69, 9.17) is 9.73 Å². The third-order valence-corrected chi connectivity index (χ3v) is 6.88. The molecule has 1 amide bonds. The lowest BCUT2D eigenvalue weighted by atomic mass is 9.77. The molecule has 3 aliphatic rings. The lowest BCUT2D eigenvalue weighted by molar-refractivity contribution is -0.142. The molecule has 1 saturated carbocycles. The minimum Gasteiger partial charge on any atom is -0.496 e. The van der Waals surface area contributed by atoms with E-state index in [1.165, 1.54) is 5.56 Å². The highest BCUT2D eigenvalue weighted by atomic mass is 16.5. The van der Waals surface area contributed by atoms with Gasteiger partial charge in [-0.3, -0.25) is 14.6 Å². The Hall–Kier alpha value is -2.37. The summed E-state index contributed by atoms with van der Waals surface area (Å²) in [6.45, 7) is 2.05. The monoisotopic (exact) mass is 398 g/mol. The van der Waals surface area contributed by atoms with Crippen molar-refractivity contribution in [2.24, 2.45) is 22.7 Å². The number of hydrogen-bond acceptors (Lipinski definition) is 4. The minimum absolute atomic E-state index is 0.0802. The topological polar surface area (TPSA) is 79.2 Å². The summed E-state index contributed by atoms with van der Waals surface area (Å²) in [6.07, 6.45) is 5.63. The standard InChI is InChI=1S/C23H30N2O4/c1-29-21-7-3-6-18-19(21)8-10-24-20(18)12-17-14-25(23(28)15-4-2-5-15)11-9-16(17)13-22(26)27/h3,6-7,15-17H,2,4-5,8-14H2,1H3,(H,26,27)/t16-,17-/m0/s1. The van der Waals surface area contributed by atoms with E-state index in [1.807, 2.05) is 17.0 Å². The number of carbonyl (C=O) groups excluding carboxylic acids is 1. The molecule has 2 aliphatic heterocycles. The van der Waals surface area contributed by atoms with E-state index >= 15 is 0 Å².